The molecule has 0 saturated heterocycles. The third kappa shape index (κ3) is 3.71. The summed E-state index contributed by atoms with van der Waals surface area (Å²) in [4.78, 5) is 1.84. The third-order valence-corrected chi connectivity index (χ3v) is 4.59. The number of alkyl halides is 1. The van der Waals surface area contributed by atoms with Gasteiger partial charge in [0.25, 0.3) is 0 Å². The molecule has 1 heterocycles. The Bertz CT molecular complexity index is 756. The number of hydrogen-bond donors (Lipinski definition) is 0. The molecule has 0 spiro atoms. The van der Waals surface area contributed by atoms with E-state index in [1.165, 1.54) is 0 Å². The summed E-state index contributed by atoms with van der Waals surface area (Å²) in [5.74, 6) is 0.735. The van der Waals surface area contributed by atoms with E-state index < -0.39 is 12.3 Å². The second-order valence-electron chi connectivity index (χ2n) is 5.82. The maximum atomic E-state index is 14.9. The highest BCUT2D eigenvalue weighted by molar-refractivity contribution is 7.17. The van der Waals surface area contributed by atoms with E-state index in [1.54, 1.807) is 11.3 Å². The minimum absolute atomic E-state index is 0.319. The van der Waals surface area contributed by atoms with Gasteiger partial charge < -0.3 is 9.64 Å². The molecular weight excluding hydrogens is 309 g/mol. The van der Waals surface area contributed by atoms with Gasteiger partial charge >= 0.3 is 0 Å². The molecule has 120 valence electrons. The van der Waals surface area contributed by atoms with Crippen molar-refractivity contribution in [2.24, 2.45) is 0 Å². The maximum absolute atomic E-state index is 14.9. The monoisotopic (exact) mass is 329 g/mol. The van der Waals surface area contributed by atoms with E-state index in [9.17, 15) is 4.39 Å². The van der Waals surface area contributed by atoms with Crippen molar-refractivity contribution in [3.8, 4) is 5.75 Å². The lowest BCUT2D eigenvalue weighted by molar-refractivity contribution is 0.0819. The Balaban J connectivity index is 1.94. The van der Waals surface area contributed by atoms with Gasteiger partial charge in [-0.25, -0.2) is 4.39 Å². The summed E-state index contributed by atoms with van der Waals surface area (Å²) in [5.41, 5.74) is 0.856. The molecule has 0 aliphatic carbocycles. The smallest absolute Gasteiger partial charge is 0.156 e. The fourth-order valence-corrected chi connectivity index (χ4v) is 3.45. The van der Waals surface area contributed by atoms with Crippen LogP contribution in [-0.2, 0) is 0 Å². The number of nitrogens with zero attached hydrogens (tertiary/aromatic N) is 1. The van der Waals surface area contributed by atoms with Crippen LogP contribution in [0.1, 0.15) is 11.7 Å². The van der Waals surface area contributed by atoms with E-state index in [-0.39, 0.29) is 0 Å². The summed E-state index contributed by atoms with van der Waals surface area (Å²) < 4.78 is 22.1. The SMILES string of the molecule is CN(C)C[C@H](F)[C@H](Oc1cccc2sccc12)c1ccccc1. The van der Waals surface area contributed by atoms with E-state index in [4.69, 9.17) is 4.74 Å². The van der Waals surface area contributed by atoms with E-state index in [0.717, 1.165) is 21.4 Å². The lowest BCUT2D eigenvalue weighted by Crippen LogP contribution is -2.30. The summed E-state index contributed by atoms with van der Waals surface area (Å²) in [6.07, 6.45) is -1.73. The number of rotatable bonds is 6. The summed E-state index contributed by atoms with van der Waals surface area (Å²) in [6.45, 7) is 0.319. The van der Waals surface area contributed by atoms with E-state index in [0.29, 0.717) is 6.54 Å². The zero-order valence-corrected chi connectivity index (χ0v) is 14.1. The zero-order chi connectivity index (χ0) is 16.2. The van der Waals surface area contributed by atoms with Crippen LogP contribution in [0.15, 0.2) is 60.0 Å². The van der Waals surface area contributed by atoms with Gasteiger partial charge in [-0.3, -0.25) is 0 Å². The highest BCUT2D eigenvalue weighted by atomic mass is 32.1. The molecule has 0 unspecified atom stereocenters. The third-order valence-electron chi connectivity index (χ3n) is 3.71. The summed E-state index contributed by atoms with van der Waals surface area (Å²) >= 11 is 1.66. The van der Waals surface area contributed by atoms with Crippen LogP contribution in [0, 0.1) is 0 Å². The molecule has 1 aromatic heterocycles. The fourth-order valence-electron chi connectivity index (χ4n) is 2.64. The number of fused-ring (bicyclic) bond motifs is 1. The van der Waals surface area contributed by atoms with Gasteiger partial charge in [0.1, 0.15) is 5.75 Å². The van der Waals surface area contributed by atoms with Crippen molar-refractivity contribution < 1.29 is 9.13 Å². The first kappa shape index (κ1) is 16.0. The molecule has 0 fully saturated rings. The van der Waals surface area contributed by atoms with Crippen LogP contribution in [0.4, 0.5) is 4.39 Å². The minimum Gasteiger partial charge on any atom is -0.482 e. The van der Waals surface area contributed by atoms with Gasteiger partial charge in [0.2, 0.25) is 0 Å². The molecule has 0 amide bonds. The van der Waals surface area contributed by atoms with Gasteiger partial charge in [0.05, 0.1) is 0 Å². The van der Waals surface area contributed by atoms with Crippen LogP contribution in [0.25, 0.3) is 10.1 Å². The summed E-state index contributed by atoms with van der Waals surface area (Å²) in [6, 6.07) is 17.5. The molecule has 3 aromatic rings. The molecule has 0 N–H and O–H groups in total. The number of thiophene rings is 1. The Morgan fingerprint density at radius 3 is 2.57 bits per heavy atom. The van der Waals surface area contributed by atoms with Crippen LogP contribution in [-0.4, -0.2) is 31.7 Å². The Hall–Kier alpha value is -1.91. The highest BCUT2D eigenvalue weighted by Crippen LogP contribution is 2.34. The summed E-state index contributed by atoms with van der Waals surface area (Å²) in [5, 5.41) is 3.07. The minimum atomic E-state index is -1.11. The van der Waals surface area contributed by atoms with Gasteiger partial charge in [-0.15, -0.1) is 11.3 Å². The molecule has 0 aliphatic heterocycles. The number of ether oxygens (including phenoxy) is 1. The van der Waals surface area contributed by atoms with Gasteiger partial charge in [0, 0.05) is 16.6 Å². The van der Waals surface area contributed by atoms with Gasteiger partial charge in [-0.2, -0.15) is 0 Å². The van der Waals surface area contributed by atoms with Gasteiger partial charge in [0.15, 0.2) is 12.3 Å². The van der Waals surface area contributed by atoms with Crippen molar-refractivity contribution in [1.29, 1.82) is 0 Å². The van der Waals surface area contributed by atoms with Crippen LogP contribution in [0.2, 0.25) is 0 Å². The molecule has 23 heavy (non-hydrogen) atoms. The first-order valence-corrected chi connectivity index (χ1v) is 8.50. The normalized spacial score (nSPS) is 14.1. The number of hydrogen-bond acceptors (Lipinski definition) is 3. The standard InChI is InChI=1S/C19H20FNOS/c1-21(2)13-16(20)19(14-7-4-3-5-8-14)22-17-9-6-10-18-15(17)11-12-23-18/h3-12,16,19H,13H2,1-2H3/t16-,19+/m0/s1. The molecule has 4 heteroatoms. The molecule has 2 nitrogen and oxygen atoms in total. The van der Waals surface area contributed by atoms with E-state index in [2.05, 4.69) is 6.07 Å². The van der Waals surface area contributed by atoms with Crippen LogP contribution >= 0.6 is 11.3 Å². The molecule has 0 radical (unpaired) electrons. The Morgan fingerprint density at radius 1 is 1.04 bits per heavy atom. The first-order valence-electron chi connectivity index (χ1n) is 7.62. The second kappa shape index (κ2) is 7.11. The Morgan fingerprint density at radius 2 is 1.83 bits per heavy atom. The number of benzene rings is 2. The van der Waals surface area contributed by atoms with Crippen LogP contribution < -0.4 is 4.74 Å². The molecule has 0 bridgehead atoms. The van der Waals surface area contributed by atoms with Crippen molar-refractivity contribution >= 4 is 21.4 Å². The van der Waals surface area contributed by atoms with Crippen molar-refractivity contribution in [2.45, 2.75) is 12.3 Å². The molecule has 0 aliphatic rings. The lowest BCUT2D eigenvalue weighted by atomic mass is 10.0. The predicted octanol–water partition coefficient (Wildman–Crippen LogP) is 4.92. The summed E-state index contributed by atoms with van der Waals surface area (Å²) in [7, 11) is 3.74. The topological polar surface area (TPSA) is 12.5 Å². The first-order chi connectivity index (χ1) is 11.1. The lowest BCUT2D eigenvalue weighted by Gasteiger charge is -2.25. The van der Waals surface area contributed by atoms with E-state index >= 15 is 0 Å². The van der Waals surface area contributed by atoms with Crippen LogP contribution in [0.5, 0.6) is 5.75 Å². The van der Waals surface area contributed by atoms with Crippen molar-refractivity contribution in [2.75, 3.05) is 20.6 Å². The Kier molecular flexibility index (Phi) is 4.94. The highest BCUT2D eigenvalue weighted by Gasteiger charge is 2.26. The average molecular weight is 329 g/mol. The van der Waals surface area contributed by atoms with Crippen LogP contribution in [0.3, 0.4) is 0 Å². The zero-order valence-electron chi connectivity index (χ0n) is 13.3. The average Bonchev–Trinajstić information content (AvgIpc) is 3.02. The molecule has 0 saturated carbocycles. The largest absolute Gasteiger partial charge is 0.482 e. The quantitative estimate of drug-likeness (QED) is 0.636. The van der Waals surface area contributed by atoms with Crippen molar-refractivity contribution in [3.63, 3.8) is 0 Å². The number of halogens is 1. The van der Waals surface area contributed by atoms with Gasteiger partial charge in [-0.1, -0.05) is 36.4 Å². The Labute approximate surface area is 140 Å². The predicted molar refractivity (Wildman–Crippen MR) is 95.1 cm³/mol. The van der Waals surface area contributed by atoms with Crippen molar-refractivity contribution in [1.82, 2.24) is 4.90 Å². The molecular formula is C19H20FNOS. The molecule has 3 rings (SSSR count). The maximum Gasteiger partial charge on any atom is 0.156 e. The second-order valence-corrected chi connectivity index (χ2v) is 6.76. The fraction of sp³-hybridized carbons (Fsp3) is 0.263. The van der Waals surface area contributed by atoms with Gasteiger partial charge in [-0.05, 0) is 43.2 Å². The molecule has 2 atom stereocenters. The van der Waals surface area contributed by atoms with Crippen molar-refractivity contribution in [3.05, 3.63) is 65.5 Å². The molecule has 2 aromatic carbocycles. The van der Waals surface area contributed by atoms with E-state index in [1.807, 2.05) is 72.9 Å².